The number of hydrogen-bond donors (Lipinski definition) is 3. The Morgan fingerprint density at radius 1 is 0.634 bits per heavy atom. The first-order chi connectivity index (χ1) is 20.0. The molecule has 238 valence electrons. The Morgan fingerprint density at radius 2 is 1.00 bits per heavy atom. The lowest BCUT2D eigenvalue weighted by Crippen LogP contribution is -2.39. The molecule has 1 aliphatic rings. The molecule has 0 saturated carbocycles. The summed E-state index contributed by atoms with van der Waals surface area (Å²) in [6.45, 7) is 3.91. The third-order valence-corrected chi connectivity index (χ3v) is 9.76. The van der Waals surface area contributed by atoms with E-state index in [1.807, 2.05) is 0 Å². The summed E-state index contributed by atoms with van der Waals surface area (Å²) in [6.07, 6.45) is 24.9. The zero-order chi connectivity index (χ0) is 30.1. The molecule has 3 N–H and O–H groups in total. The number of ketones is 2. The summed E-state index contributed by atoms with van der Waals surface area (Å²) in [5.74, 6) is 1.65. The minimum atomic E-state index is -1.33. The first-order valence-electron chi connectivity index (χ1n) is 17.3. The highest BCUT2D eigenvalue weighted by atomic mass is 31.1. The molecular formula is C35H63O5P. The Hall–Kier alpha value is -0.870. The maximum atomic E-state index is 13.3. The average molecular weight is 595 g/mol. The van der Waals surface area contributed by atoms with Crippen LogP contribution in [0, 0.1) is 0 Å². The molecule has 5 nitrogen and oxygen atoms in total. The quantitative estimate of drug-likeness (QED) is 0.0595. The van der Waals surface area contributed by atoms with E-state index in [9.17, 15) is 24.9 Å². The molecule has 1 aliphatic heterocycles. The number of carbonyl (C=O) groups excluding carboxylic acids is 2. The Kier molecular flexibility index (Phi) is 23.8. The van der Waals surface area contributed by atoms with Crippen molar-refractivity contribution in [3.8, 4) is 0 Å². The molecule has 0 aliphatic carbocycles. The number of allylic oxidation sites excluding steroid dienone is 1. The summed E-state index contributed by atoms with van der Waals surface area (Å²) in [7, 11) is 0.647. The molecular weight excluding hydrogens is 531 g/mol. The van der Waals surface area contributed by atoms with Gasteiger partial charge < -0.3 is 15.3 Å². The molecule has 6 heteroatoms. The van der Waals surface area contributed by atoms with Crippen LogP contribution in [0.2, 0.25) is 0 Å². The number of aliphatic hydroxyl groups excluding tert-OH is 3. The van der Waals surface area contributed by atoms with Gasteiger partial charge in [-0.3, -0.25) is 9.59 Å². The van der Waals surface area contributed by atoms with Crippen molar-refractivity contribution in [2.45, 2.75) is 186 Å². The highest BCUT2D eigenvalue weighted by Gasteiger charge is 2.36. The third kappa shape index (κ3) is 17.1. The Balaban J connectivity index is 2.47. The van der Waals surface area contributed by atoms with Crippen LogP contribution in [0.1, 0.15) is 168 Å². The molecule has 0 aromatic carbocycles. The van der Waals surface area contributed by atoms with E-state index in [0.29, 0.717) is 32.2 Å². The van der Waals surface area contributed by atoms with Crippen LogP contribution in [0.5, 0.6) is 0 Å². The highest BCUT2D eigenvalue weighted by Crippen LogP contribution is 2.35. The molecule has 0 bridgehead atoms. The van der Waals surface area contributed by atoms with Crippen molar-refractivity contribution >= 4 is 25.6 Å². The van der Waals surface area contributed by atoms with Crippen molar-refractivity contribution in [2.75, 3.05) is 6.61 Å². The molecule has 0 saturated heterocycles. The predicted molar refractivity (Wildman–Crippen MR) is 175 cm³/mol. The van der Waals surface area contributed by atoms with Gasteiger partial charge in [0.25, 0.3) is 0 Å². The molecule has 41 heavy (non-hydrogen) atoms. The molecule has 0 fully saturated rings. The van der Waals surface area contributed by atoms with Gasteiger partial charge in [0.2, 0.25) is 0 Å². The number of hydrogen-bond acceptors (Lipinski definition) is 5. The van der Waals surface area contributed by atoms with Crippen LogP contribution in [0.4, 0.5) is 0 Å². The van der Waals surface area contributed by atoms with Crippen LogP contribution < -0.4 is 0 Å². The number of rotatable bonds is 29. The monoisotopic (exact) mass is 594 g/mol. The van der Waals surface area contributed by atoms with Gasteiger partial charge in [-0.2, -0.15) is 0 Å². The third-order valence-electron chi connectivity index (χ3n) is 8.47. The summed E-state index contributed by atoms with van der Waals surface area (Å²) in [6, 6.07) is 0. The van der Waals surface area contributed by atoms with E-state index >= 15 is 0 Å². The first-order valence-corrected chi connectivity index (χ1v) is 18.3. The van der Waals surface area contributed by atoms with Gasteiger partial charge in [0.05, 0.1) is 18.4 Å². The summed E-state index contributed by atoms with van der Waals surface area (Å²) in [5, 5.41) is 30.1. The lowest BCUT2D eigenvalue weighted by molar-refractivity contribution is -0.118. The van der Waals surface area contributed by atoms with Gasteiger partial charge in [-0.1, -0.05) is 150 Å². The molecule has 1 rings (SSSR count). The fraction of sp³-hybridized carbons (Fsp3) is 0.857. The molecule has 0 spiro atoms. The van der Waals surface area contributed by atoms with Crippen molar-refractivity contribution in [3.63, 3.8) is 0 Å². The summed E-state index contributed by atoms with van der Waals surface area (Å²) in [5.41, 5.74) is 0.182. The SMILES string of the molecule is CCCCCCCCCCCCCC(=O)C1=C(C(=O)CCCCCCCCCCCCC)C(C(O)C(O)CO)P=C1. The van der Waals surface area contributed by atoms with Crippen molar-refractivity contribution in [2.24, 2.45) is 0 Å². The maximum absolute atomic E-state index is 13.3. The highest BCUT2D eigenvalue weighted by molar-refractivity contribution is 7.41. The first kappa shape index (κ1) is 38.2. The summed E-state index contributed by atoms with van der Waals surface area (Å²) >= 11 is 0. The zero-order valence-electron chi connectivity index (χ0n) is 26.6. The molecule has 0 radical (unpaired) electrons. The van der Waals surface area contributed by atoms with Gasteiger partial charge in [-0.15, -0.1) is 0 Å². The standard InChI is InChI=1S/C35H63O5P/c1-3-5-7-9-11-13-15-17-19-21-23-25-30(37)29-28-41-35(34(40)32(39)27-36)33(29)31(38)26-24-22-20-18-16-14-12-10-8-6-4-2/h28,32,34-36,39-40H,3-27H2,1-2H3. The van der Waals surface area contributed by atoms with Crippen LogP contribution in [0.3, 0.4) is 0 Å². The largest absolute Gasteiger partial charge is 0.394 e. The Bertz CT molecular complexity index is 747. The summed E-state index contributed by atoms with van der Waals surface area (Å²) < 4.78 is 0. The second kappa shape index (κ2) is 25.6. The predicted octanol–water partition coefficient (Wildman–Crippen LogP) is 8.67. The van der Waals surface area contributed by atoms with Crippen LogP contribution in [-0.2, 0) is 9.59 Å². The fourth-order valence-corrected chi connectivity index (χ4v) is 7.14. The number of Topliss-reactive ketones (excluding diaryl/α,β-unsaturated/α-hetero) is 2. The molecule has 3 unspecified atom stereocenters. The molecule has 0 amide bonds. The topological polar surface area (TPSA) is 94.8 Å². The fourth-order valence-electron chi connectivity index (χ4n) is 5.74. The maximum Gasteiger partial charge on any atom is 0.163 e. The smallest absolute Gasteiger partial charge is 0.163 e. The van der Waals surface area contributed by atoms with Gasteiger partial charge in [0, 0.05) is 24.0 Å². The molecule has 0 aromatic rings. The molecule has 3 atom stereocenters. The average Bonchev–Trinajstić information content (AvgIpc) is 3.43. The van der Waals surface area contributed by atoms with E-state index in [1.54, 1.807) is 5.80 Å². The minimum absolute atomic E-state index is 0.0242. The minimum Gasteiger partial charge on any atom is -0.394 e. The van der Waals surface area contributed by atoms with Crippen LogP contribution in [-0.4, -0.2) is 57.2 Å². The van der Waals surface area contributed by atoms with E-state index in [0.717, 1.165) is 38.5 Å². The lowest BCUT2D eigenvalue weighted by atomic mass is 9.90. The number of unbranched alkanes of at least 4 members (excludes halogenated alkanes) is 20. The lowest BCUT2D eigenvalue weighted by Gasteiger charge is -2.23. The van der Waals surface area contributed by atoms with Crippen molar-refractivity contribution in [1.82, 2.24) is 0 Å². The normalized spacial score (nSPS) is 16.9. The van der Waals surface area contributed by atoms with Gasteiger partial charge >= 0.3 is 0 Å². The Labute approximate surface area is 253 Å². The van der Waals surface area contributed by atoms with E-state index < -0.39 is 24.5 Å². The van der Waals surface area contributed by atoms with Crippen molar-refractivity contribution in [3.05, 3.63) is 11.1 Å². The summed E-state index contributed by atoms with van der Waals surface area (Å²) in [4.78, 5) is 26.5. The van der Waals surface area contributed by atoms with E-state index in [4.69, 9.17) is 0 Å². The second-order valence-corrected chi connectivity index (χ2v) is 13.3. The number of aliphatic hydroxyl groups is 3. The Morgan fingerprint density at radius 3 is 1.39 bits per heavy atom. The van der Waals surface area contributed by atoms with E-state index in [-0.39, 0.29) is 11.6 Å². The van der Waals surface area contributed by atoms with Crippen LogP contribution in [0.25, 0.3) is 0 Å². The second-order valence-electron chi connectivity index (χ2n) is 12.2. The van der Waals surface area contributed by atoms with Gasteiger partial charge in [-0.05, 0) is 18.6 Å². The van der Waals surface area contributed by atoms with Crippen molar-refractivity contribution in [1.29, 1.82) is 0 Å². The van der Waals surface area contributed by atoms with Gasteiger partial charge in [0.15, 0.2) is 11.6 Å². The van der Waals surface area contributed by atoms with Gasteiger partial charge in [-0.25, -0.2) is 0 Å². The zero-order valence-corrected chi connectivity index (χ0v) is 27.5. The van der Waals surface area contributed by atoms with Crippen LogP contribution in [0.15, 0.2) is 11.1 Å². The van der Waals surface area contributed by atoms with E-state index in [2.05, 4.69) is 13.8 Å². The molecule has 1 heterocycles. The molecule has 0 aromatic heterocycles. The van der Waals surface area contributed by atoms with Crippen LogP contribution >= 0.6 is 8.20 Å². The number of carbonyl (C=O) groups is 2. The van der Waals surface area contributed by atoms with E-state index in [1.165, 1.54) is 103 Å². The van der Waals surface area contributed by atoms with Crippen molar-refractivity contribution < 1.29 is 24.9 Å². The van der Waals surface area contributed by atoms with Gasteiger partial charge in [0.1, 0.15) is 6.10 Å².